The number of carbonyl (C=O) groups excluding carboxylic acids is 3. The third kappa shape index (κ3) is 15.8. The lowest BCUT2D eigenvalue weighted by Crippen LogP contribution is -2.53. The molecule has 0 aliphatic carbocycles. The van der Waals surface area contributed by atoms with E-state index in [0.717, 1.165) is 24.9 Å². The Morgan fingerprint density at radius 3 is 2.18 bits per heavy atom. The summed E-state index contributed by atoms with van der Waals surface area (Å²) in [6.45, 7) is 5.60. The van der Waals surface area contributed by atoms with E-state index < -0.39 is 6.17 Å². The number of aromatic nitrogens is 1. The molecule has 9 nitrogen and oxygen atoms in total. The van der Waals surface area contributed by atoms with Gasteiger partial charge in [0.05, 0.1) is 13.0 Å². The summed E-state index contributed by atoms with van der Waals surface area (Å²) in [5, 5.41) is 9.56. The largest absolute Gasteiger partial charge is 0.494 e. The quantitative estimate of drug-likeness (QED) is 0.0647. The van der Waals surface area contributed by atoms with Gasteiger partial charge in [-0.2, -0.15) is 0 Å². The van der Waals surface area contributed by atoms with Crippen molar-refractivity contribution in [2.45, 2.75) is 103 Å². The number of likely N-dealkylation sites (N-methyl/N-ethyl adjacent to an activating group) is 1. The maximum atomic E-state index is 13.7. The first-order valence-electron chi connectivity index (χ1n) is 17.9. The summed E-state index contributed by atoms with van der Waals surface area (Å²) < 4.78 is 5.86. The molecule has 1 aromatic heterocycles. The topological polar surface area (TPSA) is 113 Å². The molecule has 10 heteroatoms. The van der Waals surface area contributed by atoms with Crippen LogP contribution in [-0.4, -0.2) is 48.6 Å². The van der Waals surface area contributed by atoms with Crippen LogP contribution in [0.1, 0.15) is 96.5 Å². The van der Waals surface area contributed by atoms with Crippen LogP contribution in [-0.2, 0) is 20.8 Å². The Hall–Kier alpha value is -4.11. The second-order valence-corrected chi connectivity index (χ2v) is 12.7. The molecule has 0 saturated heterocycles. The van der Waals surface area contributed by atoms with Crippen molar-refractivity contribution in [3.63, 3.8) is 0 Å². The highest BCUT2D eigenvalue weighted by Crippen LogP contribution is 2.19. The standard InChI is InChI=1S/C39H54ClN5O4/c1-3-5-6-7-8-9-10-11-12-14-27-42-36(46)21-17-28-49-34-24-22-33(23-25-34)43-38(39(48)45(4-2)35-20-13-15-26-41-35)44-37(47)30-31-18-16-19-32(40)29-31/h13,15-16,18-20,22-26,29,38,43H,3-12,14,17,21,27-28,30H2,1-2H3,(H,42,46)(H,44,47). The van der Waals surface area contributed by atoms with Crippen molar-refractivity contribution in [1.29, 1.82) is 0 Å². The molecular formula is C39H54ClN5O4. The number of unbranched alkanes of at least 4 members (excludes halogenated alkanes) is 9. The Kier molecular flexibility index (Phi) is 18.7. The minimum absolute atomic E-state index is 0.0546. The lowest BCUT2D eigenvalue weighted by molar-refractivity contribution is -0.126. The van der Waals surface area contributed by atoms with Gasteiger partial charge in [0.25, 0.3) is 5.91 Å². The van der Waals surface area contributed by atoms with Gasteiger partial charge in [-0.05, 0) is 73.9 Å². The first-order valence-corrected chi connectivity index (χ1v) is 18.3. The molecule has 0 aliphatic rings. The highest BCUT2D eigenvalue weighted by molar-refractivity contribution is 6.30. The van der Waals surface area contributed by atoms with E-state index in [0.29, 0.717) is 48.3 Å². The number of halogens is 1. The maximum absolute atomic E-state index is 13.7. The van der Waals surface area contributed by atoms with Gasteiger partial charge in [0, 0.05) is 36.4 Å². The molecule has 3 aromatic rings. The third-order valence-corrected chi connectivity index (χ3v) is 8.38. The number of anilines is 2. The molecule has 0 aliphatic heterocycles. The lowest BCUT2D eigenvalue weighted by atomic mass is 10.1. The highest BCUT2D eigenvalue weighted by Gasteiger charge is 2.27. The van der Waals surface area contributed by atoms with Crippen LogP contribution >= 0.6 is 11.6 Å². The van der Waals surface area contributed by atoms with Crippen molar-refractivity contribution in [1.82, 2.24) is 15.6 Å². The molecule has 0 bridgehead atoms. The van der Waals surface area contributed by atoms with Crippen molar-refractivity contribution in [2.24, 2.45) is 0 Å². The van der Waals surface area contributed by atoms with Crippen LogP contribution in [0.3, 0.4) is 0 Å². The zero-order chi connectivity index (χ0) is 35.1. The Morgan fingerprint density at radius 2 is 1.53 bits per heavy atom. The fraction of sp³-hybridized carbons (Fsp3) is 0.487. The number of hydrogen-bond donors (Lipinski definition) is 3. The molecule has 3 N–H and O–H groups in total. The molecule has 49 heavy (non-hydrogen) atoms. The van der Waals surface area contributed by atoms with Crippen LogP contribution in [0.25, 0.3) is 0 Å². The molecule has 0 radical (unpaired) electrons. The summed E-state index contributed by atoms with van der Waals surface area (Å²) in [4.78, 5) is 44.8. The van der Waals surface area contributed by atoms with Gasteiger partial charge in [0.15, 0.2) is 6.17 Å². The van der Waals surface area contributed by atoms with Gasteiger partial charge in [-0.3, -0.25) is 19.3 Å². The number of nitrogens with one attached hydrogen (secondary N) is 3. The van der Waals surface area contributed by atoms with Gasteiger partial charge in [-0.15, -0.1) is 0 Å². The van der Waals surface area contributed by atoms with Crippen LogP contribution in [0.15, 0.2) is 72.9 Å². The second-order valence-electron chi connectivity index (χ2n) is 12.2. The van der Waals surface area contributed by atoms with Gasteiger partial charge < -0.3 is 20.7 Å². The van der Waals surface area contributed by atoms with E-state index in [-0.39, 0.29) is 24.1 Å². The zero-order valence-electron chi connectivity index (χ0n) is 29.2. The molecule has 1 heterocycles. The average molecular weight is 692 g/mol. The summed E-state index contributed by atoms with van der Waals surface area (Å²) in [6.07, 6.45) is 14.4. The van der Waals surface area contributed by atoms with Crippen LogP contribution in [0.5, 0.6) is 5.75 Å². The van der Waals surface area contributed by atoms with Crippen molar-refractivity contribution in [3.05, 3.63) is 83.5 Å². The first kappa shape index (κ1) is 39.3. The van der Waals surface area contributed by atoms with Gasteiger partial charge in [-0.25, -0.2) is 4.98 Å². The molecule has 3 amide bonds. The summed E-state index contributed by atoms with van der Waals surface area (Å²) in [7, 11) is 0. The molecule has 0 spiro atoms. The normalized spacial score (nSPS) is 11.4. The lowest BCUT2D eigenvalue weighted by Gasteiger charge is -2.27. The fourth-order valence-corrected chi connectivity index (χ4v) is 5.68. The summed E-state index contributed by atoms with van der Waals surface area (Å²) >= 11 is 6.10. The molecule has 1 unspecified atom stereocenters. The summed E-state index contributed by atoms with van der Waals surface area (Å²) in [5.41, 5.74) is 1.36. The Bertz CT molecular complexity index is 1390. The summed E-state index contributed by atoms with van der Waals surface area (Å²) in [5.74, 6) is 0.499. The Balaban J connectivity index is 1.43. The van der Waals surface area contributed by atoms with Gasteiger partial charge in [0.2, 0.25) is 11.8 Å². The molecule has 2 aromatic carbocycles. The smallest absolute Gasteiger partial charge is 0.271 e. The number of pyridine rings is 1. The van der Waals surface area contributed by atoms with E-state index in [9.17, 15) is 14.4 Å². The highest BCUT2D eigenvalue weighted by atomic mass is 35.5. The van der Waals surface area contributed by atoms with Crippen molar-refractivity contribution >= 4 is 40.8 Å². The van der Waals surface area contributed by atoms with Crippen molar-refractivity contribution in [3.8, 4) is 5.75 Å². The SMILES string of the molecule is CCCCCCCCCCCCNC(=O)CCCOc1ccc(NC(NC(=O)Cc2cccc(Cl)c2)C(=O)N(CC)c2ccccn2)cc1. The molecule has 0 fully saturated rings. The number of ether oxygens (including phenoxy) is 1. The second kappa shape index (κ2) is 23.3. The fourth-order valence-electron chi connectivity index (χ4n) is 5.47. The number of benzene rings is 2. The number of carbonyl (C=O) groups is 3. The Morgan fingerprint density at radius 1 is 0.816 bits per heavy atom. The number of amides is 3. The van der Waals surface area contributed by atoms with Gasteiger partial charge >= 0.3 is 0 Å². The molecule has 1 atom stereocenters. The molecule has 266 valence electrons. The minimum atomic E-state index is -1.06. The van der Waals surface area contributed by atoms with E-state index in [2.05, 4.69) is 27.9 Å². The van der Waals surface area contributed by atoms with E-state index in [4.69, 9.17) is 16.3 Å². The minimum Gasteiger partial charge on any atom is -0.494 e. The van der Waals surface area contributed by atoms with E-state index >= 15 is 0 Å². The maximum Gasteiger partial charge on any atom is 0.271 e. The predicted molar refractivity (Wildman–Crippen MR) is 199 cm³/mol. The van der Waals surface area contributed by atoms with Gasteiger partial charge in [-0.1, -0.05) is 94.5 Å². The van der Waals surface area contributed by atoms with Crippen LogP contribution in [0.4, 0.5) is 11.5 Å². The molecule has 0 saturated carbocycles. The number of rotatable bonds is 24. The monoisotopic (exact) mass is 691 g/mol. The van der Waals surface area contributed by atoms with Gasteiger partial charge in [0.1, 0.15) is 11.6 Å². The average Bonchev–Trinajstić information content (AvgIpc) is 3.10. The van der Waals surface area contributed by atoms with Crippen molar-refractivity contribution in [2.75, 3.05) is 29.9 Å². The zero-order valence-corrected chi connectivity index (χ0v) is 30.0. The number of nitrogens with zero attached hydrogens (tertiary/aromatic N) is 2. The van der Waals surface area contributed by atoms with Crippen LogP contribution < -0.4 is 25.6 Å². The molecular weight excluding hydrogens is 638 g/mol. The van der Waals surface area contributed by atoms with E-state index in [1.807, 2.05) is 19.1 Å². The van der Waals surface area contributed by atoms with E-state index in [1.54, 1.807) is 60.8 Å². The Labute approximate surface area is 297 Å². The first-order chi connectivity index (χ1) is 23.9. The van der Waals surface area contributed by atoms with Crippen LogP contribution in [0, 0.1) is 0 Å². The van der Waals surface area contributed by atoms with Crippen molar-refractivity contribution < 1.29 is 19.1 Å². The predicted octanol–water partition coefficient (Wildman–Crippen LogP) is 8.08. The number of hydrogen-bond acceptors (Lipinski definition) is 6. The van der Waals surface area contributed by atoms with Crippen LogP contribution in [0.2, 0.25) is 5.02 Å². The molecule has 3 rings (SSSR count). The third-order valence-electron chi connectivity index (χ3n) is 8.15. The van der Waals surface area contributed by atoms with E-state index in [1.165, 1.54) is 56.3 Å². The summed E-state index contributed by atoms with van der Waals surface area (Å²) in [6, 6.07) is 19.6.